The lowest BCUT2D eigenvalue weighted by atomic mass is 9.91. The highest BCUT2D eigenvalue weighted by molar-refractivity contribution is 5.72. The van der Waals surface area contributed by atoms with E-state index in [9.17, 15) is 4.79 Å². The van der Waals surface area contributed by atoms with Crippen LogP contribution in [-0.4, -0.2) is 25.8 Å². The van der Waals surface area contributed by atoms with E-state index in [1.165, 1.54) is 96.3 Å². The molecule has 3 unspecified atom stereocenters. The van der Waals surface area contributed by atoms with Crippen molar-refractivity contribution in [2.45, 2.75) is 169 Å². The van der Waals surface area contributed by atoms with Crippen molar-refractivity contribution in [1.82, 2.24) is 0 Å². The Morgan fingerprint density at radius 3 is 1.53 bits per heavy atom. The first-order valence-corrected chi connectivity index (χ1v) is 16.4. The lowest BCUT2D eigenvalue weighted by molar-refractivity contribution is -0.150. The molecule has 0 rings (SSSR count). The lowest BCUT2D eigenvalue weighted by Gasteiger charge is -2.23. The summed E-state index contributed by atoms with van der Waals surface area (Å²) in [5.41, 5.74) is 0. The van der Waals surface area contributed by atoms with Gasteiger partial charge in [0.05, 0.1) is 12.5 Å². The summed E-state index contributed by atoms with van der Waals surface area (Å²) >= 11 is 0. The minimum Gasteiger partial charge on any atom is -0.465 e. The monoisotopic (exact) mass is 511 g/mol. The average molecular weight is 511 g/mol. The van der Waals surface area contributed by atoms with Crippen LogP contribution in [0.3, 0.4) is 0 Å². The van der Waals surface area contributed by atoms with Crippen molar-refractivity contribution < 1.29 is 14.3 Å². The molecule has 0 aromatic heterocycles. The Labute approximate surface area is 227 Å². The molecule has 0 saturated carbocycles. The van der Waals surface area contributed by atoms with Gasteiger partial charge in [-0.05, 0) is 37.5 Å². The molecular formula is C33H66O3. The number of hydrogen-bond acceptors (Lipinski definition) is 3. The highest BCUT2D eigenvalue weighted by Crippen LogP contribution is 2.23. The maximum atomic E-state index is 13.0. The zero-order valence-corrected chi connectivity index (χ0v) is 25.4. The number of unbranched alkanes of at least 4 members (excludes halogenated alkanes) is 13. The Kier molecular flexibility index (Phi) is 27.0. The van der Waals surface area contributed by atoms with Gasteiger partial charge < -0.3 is 9.47 Å². The zero-order valence-electron chi connectivity index (χ0n) is 25.4. The maximum absolute atomic E-state index is 13.0. The smallest absolute Gasteiger partial charge is 0.308 e. The van der Waals surface area contributed by atoms with E-state index in [0.717, 1.165) is 51.7 Å². The van der Waals surface area contributed by atoms with Crippen LogP contribution in [0.25, 0.3) is 0 Å². The van der Waals surface area contributed by atoms with Crippen molar-refractivity contribution in [3.05, 3.63) is 0 Å². The van der Waals surface area contributed by atoms with E-state index in [1.807, 2.05) is 0 Å². The fourth-order valence-electron chi connectivity index (χ4n) is 5.10. The average Bonchev–Trinajstić information content (AvgIpc) is 2.89. The molecule has 3 nitrogen and oxygen atoms in total. The van der Waals surface area contributed by atoms with Crippen molar-refractivity contribution in [3.63, 3.8) is 0 Å². The third kappa shape index (κ3) is 21.5. The van der Waals surface area contributed by atoms with E-state index < -0.39 is 0 Å². The molecule has 0 aromatic rings. The van der Waals surface area contributed by atoms with Crippen LogP contribution in [0.15, 0.2) is 0 Å². The normalized spacial score (nSPS) is 14.0. The number of carbonyl (C=O) groups is 1. The molecule has 0 spiro atoms. The predicted octanol–water partition coefficient (Wildman–Crippen LogP) is 10.7. The number of ether oxygens (including phenoxy) is 2. The van der Waals surface area contributed by atoms with E-state index in [4.69, 9.17) is 9.47 Å². The molecule has 0 bridgehead atoms. The Morgan fingerprint density at radius 2 is 1.00 bits per heavy atom. The van der Waals surface area contributed by atoms with E-state index in [1.54, 1.807) is 0 Å². The second-order valence-electron chi connectivity index (χ2n) is 11.4. The van der Waals surface area contributed by atoms with Gasteiger partial charge in [-0.1, -0.05) is 144 Å². The Morgan fingerprint density at radius 1 is 0.556 bits per heavy atom. The number of carbonyl (C=O) groups excluding carboxylic acids is 1. The highest BCUT2D eigenvalue weighted by atomic mass is 16.5. The van der Waals surface area contributed by atoms with E-state index in [0.29, 0.717) is 18.4 Å². The highest BCUT2D eigenvalue weighted by Gasteiger charge is 2.22. The summed E-state index contributed by atoms with van der Waals surface area (Å²) in [5, 5.41) is 0. The molecule has 3 heteroatoms. The molecule has 0 heterocycles. The second kappa shape index (κ2) is 27.5. The van der Waals surface area contributed by atoms with Crippen molar-refractivity contribution in [2.75, 3.05) is 19.8 Å². The molecule has 216 valence electrons. The van der Waals surface area contributed by atoms with Gasteiger partial charge in [0.25, 0.3) is 0 Å². The second-order valence-corrected chi connectivity index (χ2v) is 11.4. The van der Waals surface area contributed by atoms with Gasteiger partial charge in [0, 0.05) is 13.2 Å². The molecule has 0 amide bonds. The van der Waals surface area contributed by atoms with Crippen LogP contribution >= 0.6 is 0 Å². The molecule has 3 atom stereocenters. The summed E-state index contributed by atoms with van der Waals surface area (Å²) in [7, 11) is 0. The third-order valence-electron chi connectivity index (χ3n) is 7.92. The zero-order chi connectivity index (χ0) is 26.7. The quantitative estimate of drug-likeness (QED) is 0.0775. The number of rotatable bonds is 28. The molecular weight excluding hydrogens is 444 g/mol. The fraction of sp³-hybridized carbons (Fsp3) is 0.970. The summed E-state index contributed by atoms with van der Waals surface area (Å²) in [5.74, 6) is 1.20. The van der Waals surface area contributed by atoms with Crippen molar-refractivity contribution in [2.24, 2.45) is 17.8 Å². The van der Waals surface area contributed by atoms with Crippen LogP contribution in [0.2, 0.25) is 0 Å². The Balaban J connectivity index is 4.38. The van der Waals surface area contributed by atoms with E-state index in [-0.39, 0.29) is 11.9 Å². The van der Waals surface area contributed by atoms with Crippen LogP contribution < -0.4 is 0 Å². The first-order chi connectivity index (χ1) is 17.6. The lowest BCUT2D eigenvalue weighted by Crippen LogP contribution is -2.23. The first-order valence-electron chi connectivity index (χ1n) is 16.4. The molecule has 0 aromatic carbocycles. The molecule has 0 saturated heterocycles. The van der Waals surface area contributed by atoms with Gasteiger partial charge in [-0.2, -0.15) is 0 Å². The topological polar surface area (TPSA) is 35.5 Å². The Bertz CT molecular complexity index is 450. The molecule has 0 fully saturated rings. The first kappa shape index (κ1) is 35.4. The summed E-state index contributed by atoms with van der Waals surface area (Å²) in [4.78, 5) is 13.0. The van der Waals surface area contributed by atoms with Gasteiger partial charge in [0.2, 0.25) is 0 Å². The number of hydrogen-bond donors (Lipinski definition) is 0. The summed E-state index contributed by atoms with van der Waals surface area (Å²) in [6.07, 6.45) is 25.8. The van der Waals surface area contributed by atoms with Crippen molar-refractivity contribution >= 4 is 5.97 Å². The minimum absolute atomic E-state index is 0.0749. The molecule has 0 aliphatic carbocycles. The van der Waals surface area contributed by atoms with Gasteiger partial charge in [-0.3, -0.25) is 4.79 Å². The molecule has 0 aliphatic rings. The van der Waals surface area contributed by atoms with Gasteiger partial charge in [-0.15, -0.1) is 0 Å². The largest absolute Gasteiger partial charge is 0.465 e. The van der Waals surface area contributed by atoms with Crippen LogP contribution in [0.4, 0.5) is 0 Å². The van der Waals surface area contributed by atoms with Gasteiger partial charge in [0.1, 0.15) is 0 Å². The fourth-order valence-corrected chi connectivity index (χ4v) is 5.10. The molecule has 36 heavy (non-hydrogen) atoms. The van der Waals surface area contributed by atoms with Gasteiger partial charge in [0.15, 0.2) is 0 Å². The van der Waals surface area contributed by atoms with Crippen LogP contribution in [-0.2, 0) is 14.3 Å². The Hall–Kier alpha value is -0.570. The van der Waals surface area contributed by atoms with Crippen molar-refractivity contribution in [3.8, 4) is 0 Å². The van der Waals surface area contributed by atoms with Crippen LogP contribution in [0, 0.1) is 17.8 Å². The van der Waals surface area contributed by atoms with Crippen molar-refractivity contribution in [1.29, 1.82) is 0 Å². The van der Waals surface area contributed by atoms with E-state index >= 15 is 0 Å². The maximum Gasteiger partial charge on any atom is 0.308 e. The summed E-state index contributed by atoms with van der Waals surface area (Å²) in [6.45, 7) is 13.6. The minimum atomic E-state index is 0.0749. The summed E-state index contributed by atoms with van der Waals surface area (Å²) in [6, 6.07) is 0. The van der Waals surface area contributed by atoms with Gasteiger partial charge in [-0.25, -0.2) is 0 Å². The van der Waals surface area contributed by atoms with Gasteiger partial charge >= 0.3 is 5.97 Å². The van der Waals surface area contributed by atoms with Crippen LogP contribution in [0.5, 0.6) is 0 Å². The molecule has 0 aliphatic heterocycles. The SMILES string of the molecule is CCCCCCCCOCC(CC)CC(CC)COC(=O)C(CCCCCC)CCCCCCCC. The van der Waals surface area contributed by atoms with Crippen LogP contribution in [0.1, 0.15) is 169 Å². The summed E-state index contributed by atoms with van der Waals surface area (Å²) < 4.78 is 12.0. The molecule has 0 N–H and O–H groups in total. The molecule has 0 radical (unpaired) electrons. The third-order valence-corrected chi connectivity index (χ3v) is 7.92. The predicted molar refractivity (Wildman–Crippen MR) is 158 cm³/mol. The standard InChI is InChI=1S/C33H66O3/c1-6-11-14-17-19-22-25-32(24-21-16-13-8-3)33(34)36-29-31(10-5)27-30(9-4)28-35-26-23-20-18-15-12-7-2/h30-32H,6-29H2,1-5H3. The number of esters is 1. The van der Waals surface area contributed by atoms with E-state index in [2.05, 4.69) is 34.6 Å².